The van der Waals surface area contributed by atoms with Crippen LogP contribution in [0.4, 0.5) is 4.79 Å². The first-order valence-corrected chi connectivity index (χ1v) is 6.88. The van der Waals surface area contributed by atoms with E-state index < -0.39 is 12.0 Å². The van der Waals surface area contributed by atoms with E-state index in [2.05, 4.69) is 5.32 Å². The van der Waals surface area contributed by atoms with Gasteiger partial charge in [-0.25, -0.2) is 9.59 Å². The third-order valence-electron chi connectivity index (χ3n) is 2.95. The van der Waals surface area contributed by atoms with Gasteiger partial charge in [0.15, 0.2) is 0 Å². The number of aliphatic carboxylic acids is 1. The van der Waals surface area contributed by atoms with Gasteiger partial charge in [-0.1, -0.05) is 0 Å². The molecule has 8 heteroatoms. The maximum absolute atomic E-state index is 12.2. The van der Waals surface area contributed by atoms with E-state index in [1.165, 1.54) is 21.6 Å². The zero-order chi connectivity index (χ0) is 13.1. The highest BCUT2D eigenvalue weighted by molar-refractivity contribution is 7.99. The molecule has 2 N–H and O–H groups in total. The first-order chi connectivity index (χ1) is 8.59. The third-order valence-corrected chi connectivity index (χ3v) is 3.96. The molecule has 0 bridgehead atoms. The van der Waals surface area contributed by atoms with Gasteiger partial charge in [0.2, 0.25) is 5.91 Å². The summed E-state index contributed by atoms with van der Waals surface area (Å²) >= 11 is 1.41. The molecule has 0 spiro atoms. The van der Waals surface area contributed by atoms with E-state index >= 15 is 0 Å². The van der Waals surface area contributed by atoms with Crippen molar-refractivity contribution in [3.8, 4) is 0 Å². The lowest BCUT2D eigenvalue weighted by molar-refractivity contribution is -0.140. The van der Waals surface area contributed by atoms with Crippen molar-refractivity contribution in [2.24, 2.45) is 0 Å². The molecule has 100 valence electrons. The minimum absolute atomic E-state index is 0.00629. The molecule has 0 aromatic carbocycles. The zero-order valence-corrected chi connectivity index (χ0v) is 10.6. The largest absolute Gasteiger partial charge is 0.480 e. The molecular formula is C10H15N3O4S. The van der Waals surface area contributed by atoms with Crippen LogP contribution in [-0.2, 0) is 9.59 Å². The number of carboxylic acid groups (broad SMARTS) is 1. The summed E-state index contributed by atoms with van der Waals surface area (Å²) in [6.45, 7) is 1.04. The Morgan fingerprint density at radius 1 is 1.44 bits per heavy atom. The van der Waals surface area contributed by atoms with Gasteiger partial charge in [-0.15, -0.1) is 11.8 Å². The van der Waals surface area contributed by atoms with Crippen molar-refractivity contribution in [1.82, 2.24) is 15.1 Å². The number of nitrogens with one attached hydrogen (secondary N) is 1. The Bertz CT molecular complexity index is 376. The van der Waals surface area contributed by atoms with Gasteiger partial charge in [0.1, 0.15) is 12.6 Å². The van der Waals surface area contributed by atoms with Gasteiger partial charge in [-0.3, -0.25) is 4.79 Å². The van der Waals surface area contributed by atoms with Crippen LogP contribution in [0.25, 0.3) is 0 Å². The number of carbonyl (C=O) groups excluding carboxylic acids is 2. The molecule has 0 saturated carbocycles. The van der Waals surface area contributed by atoms with Crippen LogP contribution < -0.4 is 5.32 Å². The van der Waals surface area contributed by atoms with Crippen LogP contribution in [0.15, 0.2) is 0 Å². The molecule has 2 heterocycles. The number of nitrogens with zero attached hydrogens (tertiary/aromatic N) is 2. The predicted molar refractivity (Wildman–Crippen MR) is 65.2 cm³/mol. The third kappa shape index (κ3) is 2.69. The molecule has 0 aliphatic carbocycles. The fourth-order valence-corrected chi connectivity index (χ4v) is 3.12. The summed E-state index contributed by atoms with van der Waals surface area (Å²) in [4.78, 5) is 37.4. The Hall–Kier alpha value is -1.44. The van der Waals surface area contributed by atoms with Gasteiger partial charge in [0.25, 0.3) is 0 Å². The quantitative estimate of drug-likeness (QED) is 0.665. The Morgan fingerprint density at radius 3 is 2.94 bits per heavy atom. The monoisotopic (exact) mass is 273 g/mol. The summed E-state index contributed by atoms with van der Waals surface area (Å²) in [5.74, 6) is -0.415. The minimum atomic E-state index is -0.993. The molecule has 2 rings (SSSR count). The fraction of sp³-hybridized carbons (Fsp3) is 0.700. The van der Waals surface area contributed by atoms with Crippen molar-refractivity contribution in [1.29, 1.82) is 0 Å². The topological polar surface area (TPSA) is 90.0 Å². The number of carboxylic acids is 1. The number of urea groups is 1. The maximum atomic E-state index is 12.2. The van der Waals surface area contributed by atoms with Gasteiger partial charge < -0.3 is 20.2 Å². The van der Waals surface area contributed by atoms with Crippen molar-refractivity contribution in [2.45, 2.75) is 12.5 Å². The lowest BCUT2D eigenvalue weighted by Crippen LogP contribution is -2.50. The second kappa shape index (κ2) is 5.47. The lowest BCUT2D eigenvalue weighted by Gasteiger charge is -2.28. The number of hydrogen-bond acceptors (Lipinski definition) is 4. The van der Waals surface area contributed by atoms with E-state index in [0.717, 1.165) is 0 Å². The van der Waals surface area contributed by atoms with Gasteiger partial charge in [-0.05, 0) is 6.42 Å². The highest BCUT2D eigenvalue weighted by Crippen LogP contribution is 2.22. The molecule has 2 aliphatic heterocycles. The van der Waals surface area contributed by atoms with E-state index in [4.69, 9.17) is 5.11 Å². The highest BCUT2D eigenvalue weighted by Gasteiger charge is 2.37. The van der Waals surface area contributed by atoms with Crippen LogP contribution in [-0.4, -0.2) is 70.1 Å². The second-order valence-corrected chi connectivity index (χ2v) is 5.23. The number of hydrogen-bond donors (Lipinski definition) is 2. The molecular weight excluding hydrogens is 258 g/mol. The van der Waals surface area contributed by atoms with Crippen LogP contribution >= 0.6 is 11.8 Å². The van der Waals surface area contributed by atoms with Crippen molar-refractivity contribution < 1.29 is 19.5 Å². The van der Waals surface area contributed by atoms with E-state index in [1.807, 2.05) is 0 Å². The molecule has 3 amide bonds. The van der Waals surface area contributed by atoms with Crippen LogP contribution in [0.3, 0.4) is 0 Å². The summed E-state index contributed by atoms with van der Waals surface area (Å²) in [5, 5.41) is 11.7. The van der Waals surface area contributed by atoms with Crippen molar-refractivity contribution in [3.63, 3.8) is 0 Å². The zero-order valence-electron chi connectivity index (χ0n) is 9.79. The van der Waals surface area contributed by atoms with Crippen molar-refractivity contribution in [3.05, 3.63) is 0 Å². The molecule has 2 saturated heterocycles. The molecule has 7 nitrogen and oxygen atoms in total. The van der Waals surface area contributed by atoms with Gasteiger partial charge in [0.05, 0.1) is 5.88 Å². The number of rotatable bonds is 1. The molecule has 18 heavy (non-hydrogen) atoms. The summed E-state index contributed by atoms with van der Waals surface area (Å²) in [6.07, 6.45) is 0.691. The fourth-order valence-electron chi connectivity index (χ4n) is 1.99. The molecule has 0 radical (unpaired) electrons. The minimum Gasteiger partial charge on any atom is -0.480 e. The molecule has 0 aromatic heterocycles. The summed E-state index contributed by atoms with van der Waals surface area (Å²) in [7, 11) is 0. The Labute approximate surface area is 108 Å². The normalized spacial score (nSPS) is 24.7. The van der Waals surface area contributed by atoms with Crippen molar-refractivity contribution in [2.75, 3.05) is 31.3 Å². The Balaban J connectivity index is 2.05. The number of thioether (sulfide) groups is 1. The first-order valence-electron chi connectivity index (χ1n) is 5.72. The first kappa shape index (κ1) is 13.0. The SMILES string of the molecule is O=C1CN(C(=O)N2CSC[C@H]2C(=O)O)CCCN1. The highest BCUT2D eigenvalue weighted by atomic mass is 32.2. The molecule has 2 fully saturated rings. The van der Waals surface area contributed by atoms with E-state index in [-0.39, 0.29) is 18.5 Å². The van der Waals surface area contributed by atoms with Gasteiger partial charge in [0, 0.05) is 18.8 Å². The van der Waals surface area contributed by atoms with Gasteiger partial charge in [-0.2, -0.15) is 0 Å². The maximum Gasteiger partial charge on any atom is 0.327 e. The van der Waals surface area contributed by atoms with E-state index in [9.17, 15) is 14.4 Å². The average Bonchev–Trinajstić information content (AvgIpc) is 2.72. The molecule has 0 aromatic rings. The molecule has 1 atom stereocenters. The van der Waals surface area contributed by atoms with Crippen molar-refractivity contribution >= 4 is 29.7 Å². The van der Waals surface area contributed by atoms with Crippen LogP contribution in [0.5, 0.6) is 0 Å². The average molecular weight is 273 g/mol. The van der Waals surface area contributed by atoms with Crippen LogP contribution in [0, 0.1) is 0 Å². The second-order valence-electron chi connectivity index (χ2n) is 4.23. The van der Waals surface area contributed by atoms with E-state index in [0.29, 0.717) is 31.1 Å². The number of amides is 3. The van der Waals surface area contributed by atoms with Gasteiger partial charge >= 0.3 is 12.0 Å². The lowest BCUT2D eigenvalue weighted by atomic mass is 10.3. The predicted octanol–water partition coefficient (Wildman–Crippen LogP) is -0.612. The summed E-state index contributed by atoms with van der Waals surface area (Å²) in [5.41, 5.74) is 0. The Morgan fingerprint density at radius 2 is 2.22 bits per heavy atom. The van der Waals surface area contributed by atoms with Crippen LogP contribution in [0.1, 0.15) is 6.42 Å². The van der Waals surface area contributed by atoms with Crippen LogP contribution in [0.2, 0.25) is 0 Å². The smallest absolute Gasteiger partial charge is 0.327 e. The molecule has 0 unspecified atom stereocenters. The summed E-state index contributed by atoms with van der Waals surface area (Å²) < 4.78 is 0. The molecule has 2 aliphatic rings. The standard InChI is InChI=1S/C10H15N3O4S/c14-8-4-12(3-1-2-11-8)10(17)13-6-18-5-7(13)9(15)16/h7H,1-6H2,(H,11,14)(H,15,16)/t7-/m0/s1. The van der Waals surface area contributed by atoms with E-state index in [1.54, 1.807) is 0 Å². The Kier molecular flexibility index (Phi) is 3.95. The number of carbonyl (C=O) groups is 3. The summed E-state index contributed by atoms with van der Waals surface area (Å²) in [6, 6.07) is -1.14.